The van der Waals surface area contributed by atoms with Gasteiger partial charge in [-0.05, 0) is 31.0 Å². The van der Waals surface area contributed by atoms with Gasteiger partial charge in [0.25, 0.3) is 0 Å². The van der Waals surface area contributed by atoms with Crippen molar-refractivity contribution in [1.82, 2.24) is 0 Å². The zero-order valence-electron chi connectivity index (χ0n) is 10.0. The molecule has 17 heavy (non-hydrogen) atoms. The molecule has 94 valence electrons. The Labute approximate surface area is 107 Å². The second kappa shape index (κ2) is 6.12. The van der Waals surface area contributed by atoms with Crippen LogP contribution in [0.4, 0.5) is 5.69 Å². The van der Waals surface area contributed by atoms with Gasteiger partial charge in [-0.2, -0.15) is 0 Å². The average molecular weight is 256 g/mol. The molecule has 1 saturated heterocycles. The summed E-state index contributed by atoms with van der Waals surface area (Å²) in [6.07, 6.45) is 2.02. The normalized spacial score (nSPS) is 19.3. The molecule has 0 saturated carbocycles. The van der Waals surface area contributed by atoms with Gasteiger partial charge >= 0.3 is 0 Å². The van der Waals surface area contributed by atoms with E-state index in [1.165, 1.54) is 0 Å². The molecule has 2 rings (SSSR count). The maximum absolute atomic E-state index is 6.01. The quantitative estimate of drug-likeness (QED) is 0.876. The minimum atomic E-state index is 0.359. The van der Waals surface area contributed by atoms with E-state index in [-0.39, 0.29) is 0 Å². The highest BCUT2D eigenvalue weighted by molar-refractivity contribution is 6.30. The zero-order valence-corrected chi connectivity index (χ0v) is 10.8. The lowest BCUT2D eigenvalue weighted by Crippen LogP contribution is -2.19. The van der Waals surface area contributed by atoms with Gasteiger partial charge in [0.1, 0.15) is 5.75 Å². The van der Waals surface area contributed by atoms with Crippen LogP contribution in [0.15, 0.2) is 18.2 Å². The molecule has 0 aromatic heterocycles. The number of hydrogen-bond acceptors (Lipinski definition) is 3. The Bertz CT molecular complexity index is 364. The third-order valence-corrected chi connectivity index (χ3v) is 2.93. The van der Waals surface area contributed by atoms with Crippen molar-refractivity contribution in [1.29, 1.82) is 0 Å². The second-order valence-electron chi connectivity index (χ2n) is 4.19. The summed E-state index contributed by atoms with van der Waals surface area (Å²) in [6, 6.07) is 6.03. The SMILES string of the molecule is CCCOc1ccc(Cl)cc1NC1CCOC1. The van der Waals surface area contributed by atoms with Crippen molar-refractivity contribution in [2.24, 2.45) is 0 Å². The summed E-state index contributed by atoms with van der Waals surface area (Å²) in [5.74, 6) is 0.864. The number of ether oxygens (including phenoxy) is 2. The van der Waals surface area contributed by atoms with E-state index in [1.807, 2.05) is 18.2 Å². The Kier molecular flexibility index (Phi) is 4.51. The van der Waals surface area contributed by atoms with Crippen molar-refractivity contribution in [3.8, 4) is 5.75 Å². The van der Waals surface area contributed by atoms with Crippen molar-refractivity contribution in [3.63, 3.8) is 0 Å². The lowest BCUT2D eigenvalue weighted by atomic mass is 10.2. The van der Waals surface area contributed by atoms with Gasteiger partial charge < -0.3 is 14.8 Å². The summed E-state index contributed by atoms with van der Waals surface area (Å²) < 4.78 is 11.0. The second-order valence-corrected chi connectivity index (χ2v) is 4.63. The number of rotatable bonds is 5. The molecule has 0 bridgehead atoms. The van der Waals surface area contributed by atoms with E-state index in [4.69, 9.17) is 21.1 Å². The fourth-order valence-electron chi connectivity index (χ4n) is 1.82. The summed E-state index contributed by atoms with van der Waals surface area (Å²) in [4.78, 5) is 0. The molecule has 1 fully saturated rings. The van der Waals surface area contributed by atoms with E-state index in [1.54, 1.807) is 0 Å². The van der Waals surface area contributed by atoms with Gasteiger partial charge in [0, 0.05) is 11.6 Å². The molecular weight excluding hydrogens is 238 g/mol. The number of hydrogen-bond donors (Lipinski definition) is 1. The highest BCUT2D eigenvalue weighted by atomic mass is 35.5. The molecule has 0 aliphatic carbocycles. The van der Waals surface area contributed by atoms with Crippen LogP contribution in [-0.4, -0.2) is 25.9 Å². The van der Waals surface area contributed by atoms with Crippen molar-refractivity contribution in [3.05, 3.63) is 23.2 Å². The number of nitrogens with one attached hydrogen (secondary N) is 1. The van der Waals surface area contributed by atoms with Gasteiger partial charge in [0.15, 0.2) is 0 Å². The standard InChI is InChI=1S/C13H18ClNO2/c1-2-6-17-13-4-3-10(14)8-12(13)15-11-5-7-16-9-11/h3-4,8,11,15H,2,5-7,9H2,1H3. The highest BCUT2D eigenvalue weighted by Gasteiger charge is 2.17. The van der Waals surface area contributed by atoms with E-state index < -0.39 is 0 Å². The van der Waals surface area contributed by atoms with E-state index in [0.29, 0.717) is 6.04 Å². The Morgan fingerprint density at radius 2 is 2.41 bits per heavy atom. The number of benzene rings is 1. The molecule has 1 aromatic rings. The Balaban J connectivity index is 2.08. The summed E-state index contributed by atoms with van der Waals surface area (Å²) >= 11 is 6.01. The van der Waals surface area contributed by atoms with Crippen LogP contribution in [0.2, 0.25) is 5.02 Å². The van der Waals surface area contributed by atoms with Gasteiger partial charge in [-0.25, -0.2) is 0 Å². The zero-order chi connectivity index (χ0) is 12.1. The Hall–Kier alpha value is -0.930. The van der Waals surface area contributed by atoms with Crippen LogP contribution in [0.25, 0.3) is 0 Å². The molecular formula is C13H18ClNO2. The van der Waals surface area contributed by atoms with Crippen LogP contribution >= 0.6 is 11.6 Å². The van der Waals surface area contributed by atoms with Crippen LogP contribution in [0.3, 0.4) is 0 Å². The molecule has 1 heterocycles. The maximum atomic E-state index is 6.01. The van der Waals surface area contributed by atoms with Gasteiger partial charge in [-0.15, -0.1) is 0 Å². The van der Waals surface area contributed by atoms with Crippen molar-refractivity contribution >= 4 is 17.3 Å². The summed E-state index contributed by atoms with van der Waals surface area (Å²) in [6.45, 7) is 4.38. The minimum Gasteiger partial charge on any atom is -0.491 e. The van der Waals surface area contributed by atoms with E-state index >= 15 is 0 Å². The van der Waals surface area contributed by atoms with Gasteiger partial charge in [-0.1, -0.05) is 18.5 Å². The van der Waals surface area contributed by atoms with Crippen LogP contribution in [0.1, 0.15) is 19.8 Å². The average Bonchev–Trinajstić information content (AvgIpc) is 2.81. The van der Waals surface area contributed by atoms with E-state index in [2.05, 4.69) is 12.2 Å². The lowest BCUT2D eigenvalue weighted by molar-refractivity contribution is 0.195. The molecule has 3 nitrogen and oxygen atoms in total. The van der Waals surface area contributed by atoms with Crippen LogP contribution in [-0.2, 0) is 4.74 Å². The smallest absolute Gasteiger partial charge is 0.142 e. The molecule has 1 aliphatic rings. The molecule has 1 N–H and O–H groups in total. The maximum Gasteiger partial charge on any atom is 0.142 e. The molecule has 0 radical (unpaired) electrons. The van der Waals surface area contributed by atoms with Gasteiger partial charge in [0.05, 0.1) is 24.9 Å². The summed E-state index contributed by atoms with van der Waals surface area (Å²) in [7, 11) is 0. The molecule has 1 unspecified atom stereocenters. The fraction of sp³-hybridized carbons (Fsp3) is 0.538. The van der Waals surface area contributed by atoms with Crippen molar-refractivity contribution < 1.29 is 9.47 Å². The summed E-state index contributed by atoms with van der Waals surface area (Å²) in [5, 5.41) is 4.14. The van der Waals surface area contributed by atoms with Crippen LogP contribution in [0, 0.1) is 0 Å². The van der Waals surface area contributed by atoms with Gasteiger partial charge in [0.2, 0.25) is 0 Å². The van der Waals surface area contributed by atoms with Crippen molar-refractivity contribution in [2.75, 3.05) is 25.1 Å². The first-order valence-corrected chi connectivity index (χ1v) is 6.44. The predicted octanol–water partition coefficient (Wildman–Crippen LogP) is 3.33. The van der Waals surface area contributed by atoms with E-state index in [9.17, 15) is 0 Å². The lowest BCUT2D eigenvalue weighted by Gasteiger charge is -2.16. The first-order valence-electron chi connectivity index (χ1n) is 6.06. The third-order valence-electron chi connectivity index (χ3n) is 2.69. The Morgan fingerprint density at radius 1 is 1.53 bits per heavy atom. The largest absolute Gasteiger partial charge is 0.491 e. The van der Waals surface area contributed by atoms with E-state index in [0.717, 1.165) is 49.1 Å². The van der Waals surface area contributed by atoms with Crippen LogP contribution < -0.4 is 10.1 Å². The molecule has 0 spiro atoms. The number of anilines is 1. The monoisotopic (exact) mass is 255 g/mol. The molecule has 1 aromatic carbocycles. The predicted molar refractivity (Wildman–Crippen MR) is 70.1 cm³/mol. The summed E-state index contributed by atoms with van der Waals surface area (Å²) in [5.41, 5.74) is 0.960. The Morgan fingerprint density at radius 3 is 3.12 bits per heavy atom. The van der Waals surface area contributed by atoms with Crippen molar-refractivity contribution in [2.45, 2.75) is 25.8 Å². The fourth-order valence-corrected chi connectivity index (χ4v) is 1.99. The topological polar surface area (TPSA) is 30.5 Å². The molecule has 0 amide bonds. The molecule has 4 heteroatoms. The first kappa shape index (κ1) is 12.5. The van der Waals surface area contributed by atoms with Gasteiger partial charge in [-0.3, -0.25) is 0 Å². The highest BCUT2D eigenvalue weighted by Crippen LogP contribution is 2.29. The first-order chi connectivity index (χ1) is 8.29. The minimum absolute atomic E-state index is 0.359. The van der Waals surface area contributed by atoms with Crippen LogP contribution in [0.5, 0.6) is 5.75 Å². The third kappa shape index (κ3) is 3.51. The molecule has 1 atom stereocenters. The number of halogens is 1. The molecule has 1 aliphatic heterocycles.